The third-order valence-corrected chi connectivity index (χ3v) is 4.62. The number of amides is 2. The van der Waals surface area contributed by atoms with E-state index in [0.29, 0.717) is 24.4 Å². The van der Waals surface area contributed by atoms with Crippen LogP contribution in [0.1, 0.15) is 43.3 Å². The highest BCUT2D eigenvalue weighted by Gasteiger charge is 2.35. The lowest BCUT2D eigenvalue weighted by atomic mass is 9.97. The van der Waals surface area contributed by atoms with E-state index in [0.717, 1.165) is 17.8 Å². The maximum absolute atomic E-state index is 12.5. The molecule has 1 unspecified atom stereocenters. The number of nitro groups is 1. The van der Waals surface area contributed by atoms with Crippen LogP contribution in [-0.4, -0.2) is 40.8 Å². The molecule has 1 saturated heterocycles. The van der Waals surface area contributed by atoms with E-state index >= 15 is 0 Å². The van der Waals surface area contributed by atoms with Gasteiger partial charge in [0, 0.05) is 19.2 Å². The van der Waals surface area contributed by atoms with Crippen LogP contribution < -0.4 is 5.32 Å². The SMILES string of the molecule is CC(C)(C)CNC(=O)C1CCCN1C(=O)c1ccc([N+](=O)[O-])s1. The van der Waals surface area contributed by atoms with Gasteiger partial charge in [-0.1, -0.05) is 32.1 Å². The summed E-state index contributed by atoms with van der Waals surface area (Å²) < 4.78 is 0. The van der Waals surface area contributed by atoms with Crippen LogP contribution in [0.5, 0.6) is 0 Å². The number of hydrogen-bond donors (Lipinski definition) is 1. The van der Waals surface area contributed by atoms with Gasteiger partial charge < -0.3 is 10.2 Å². The summed E-state index contributed by atoms with van der Waals surface area (Å²) in [6.07, 6.45) is 1.38. The first-order valence-corrected chi connectivity index (χ1v) is 8.33. The fourth-order valence-electron chi connectivity index (χ4n) is 2.43. The normalized spacial score (nSPS) is 18.0. The monoisotopic (exact) mass is 339 g/mol. The summed E-state index contributed by atoms with van der Waals surface area (Å²) in [5.74, 6) is -0.465. The molecule has 0 aliphatic carbocycles. The van der Waals surface area contributed by atoms with E-state index in [1.165, 1.54) is 17.0 Å². The van der Waals surface area contributed by atoms with Crippen LogP contribution in [-0.2, 0) is 4.79 Å². The number of hydrogen-bond acceptors (Lipinski definition) is 5. The molecule has 0 bridgehead atoms. The largest absolute Gasteiger partial charge is 0.354 e. The molecule has 1 fully saturated rings. The minimum atomic E-state index is -0.515. The molecule has 2 rings (SSSR count). The molecule has 0 spiro atoms. The van der Waals surface area contributed by atoms with E-state index in [1.54, 1.807) is 0 Å². The van der Waals surface area contributed by atoms with Gasteiger partial charge in [-0.05, 0) is 24.3 Å². The van der Waals surface area contributed by atoms with E-state index in [-0.39, 0.29) is 22.2 Å². The van der Waals surface area contributed by atoms with Gasteiger partial charge in [-0.3, -0.25) is 19.7 Å². The molecule has 0 radical (unpaired) electrons. The van der Waals surface area contributed by atoms with Gasteiger partial charge in [-0.25, -0.2) is 0 Å². The summed E-state index contributed by atoms with van der Waals surface area (Å²) >= 11 is 0.845. The Kier molecular flexibility index (Phi) is 5.03. The quantitative estimate of drug-likeness (QED) is 0.673. The standard InChI is InChI=1S/C15H21N3O4S/c1-15(2,3)9-16-13(19)10-5-4-8-17(10)14(20)11-6-7-12(23-11)18(21)22/h6-7,10H,4-5,8-9H2,1-3H3,(H,16,19). The fourth-order valence-corrected chi connectivity index (χ4v) is 3.21. The predicted octanol–water partition coefficient (Wildman–Crippen LogP) is 2.42. The molecule has 23 heavy (non-hydrogen) atoms. The summed E-state index contributed by atoms with van der Waals surface area (Å²) in [7, 11) is 0. The van der Waals surface area contributed by atoms with E-state index in [1.807, 2.05) is 20.8 Å². The summed E-state index contributed by atoms with van der Waals surface area (Å²) in [5, 5.41) is 13.6. The number of likely N-dealkylation sites (tertiary alicyclic amines) is 1. The van der Waals surface area contributed by atoms with Gasteiger partial charge in [0.2, 0.25) is 5.91 Å². The van der Waals surface area contributed by atoms with Gasteiger partial charge in [0.1, 0.15) is 6.04 Å². The maximum Gasteiger partial charge on any atom is 0.324 e. The Labute approximate surface area is 138 Å². The smallest absolute Gasteiger partial charge is 0.324 e. The molecule has 1 aliphatic heterocycles. The molecule has 1 atom stereocenters. The minimum Gasteiger partial charge on any atom is -0.354 e. The lowest BCUT2D eigenvalue weighted by Crippen LogP contribution is -2.47. The molecule has 1 aromatic heterocycles. The van der Waals surface area contributed by atoms with Crippen LogP contribution in [0.3, 0.4) is 0 Å². The zero-order chi connectivity index (χ0) is 17.2. The lowest BCUT2D eigenvalue weighted by Gasteiger charge is -2.25. The topological polar surface area (TPSA) is 92.6 Å². The van der Waals surface area contributed by atoms with Crippen molar-refractivity contribution in [3.8, 4) is 0 Å². The number of carbonyl (C=O) groups is 2. The third-order valence-electron chi connectivity index (χ3n) is 3.59. The number of nitrogens with zero attached hydrogens (tertiary/aromatic N) is 2. The summed E-state index contributed by atoms with van der Waals surface area (Å²) in [5.41, 5.74) is -0.0303. The molecule has 1 aromatic rings. The van der Waals surface area contributed by atoms with Crippen molar-refractivity contribution in [3.05, 3.63) is 27.1 Å². The second-order valence-corrected chi connectivity index (χ2v) is 7.89. The Morgan fingerprint density at radius 1 is 1.43 bits per heavy atom. The van der Waals surface area contributed by atoms with E-state index < -0.39 is 11.0 Å². The van der Waals surface area contributed by atoms with Crippen LogP contribution in [0.15, 0.2) is 12.1 Å². The minimum absolute atomic E-state index is 0.0303. The van der Waals surface area contributed by atoms with Crippen molar-refractivity contribution in [3.63, 3.8) is 0 Å². The molecule has 2 amide bonds. The number of rotatable bonds is 4. The van der Waals surface area contributed by atoms with Crippen LogP contribution >= 0.6 is 11.3 Å². The molecular formula is C15H21N3O4S. The van der Waals surface area contributed by atoms with Crippen molar-refractivity contribution in [1.82, 2.24) is 10.2 Å². The van der Waals surface area contributed by atoms with Gasteiger partial charge in [0.05, 0.1) is 9.80 Å². The van der Waals surface area contributed by atoms with Crippen molar-refractivity contribution in [2.24, 2.45) is 5.41 Å². The van der Waals surface area contributed by atoms with Gasteiger partial charge in [-0.15, -0.1) is 0 Å². The number of thiophene rings is 1. The van der Waals surface area contributed by atoms with Gasteiger partial charge in [0.15, 0.2) is 0 Å². The van der Waals surface area contributed by atoms with Crippen LogP contribution in [0.2, 0.25) is 0 Å². The Morgan fingerprint density at radius 3 is 2.70 bits per heavy atom. The Morgan fingerprint density at radius 2 is 2.13 bits per heavy atom. The molecular weight excluding hydrogens is 318 g/mol. The lowest BCUT2D eigenvalue weighted by molar-refractivity contribution is -0.380. The Bertz CT molecular complexity index is 620. The average Bonchev–Trinajstić information content (AvgIpc) is 3.11. The van der Waals surface area contributed by atoms with Crippen LogP contribution in [0.4, 0.5) is 5.00 Å². The maximum atomic E-state index is 12.5. The van der Waals surface area contributed by atoms with Crippen molar-refractivity contribution < 1.29 is 14.5 Å². The first-order valence-electron chi connectivity index (χ1n) is 7.52. The summed E-state index contributed by atoms with van der Waals surface area (Å²) in [4.78, 5) is 36.9. The first kappa shape index (κ1) is 17.4. The number of nitrogens with one attached hydrogen (secondary N) is 1. The van der Waals surface area contributed by atoms with Crippen molar-refractivity contribution in [1.29, 1.82) is 0 Å². The summed E-state index contributed by atoms with van der Waals surface area (Å²) in [6, 6.07) is 2.28. The second kappa shape index (κ2) is 6.66. The highest BCUT2D eigenvalue weighted by atomic mass is 32.1. The number of carbonyl (C=O) groups excluding carboxylic acids is 2. The second-order valence-electron chi connectivity index (χ2n) is 6.83. The molecule has 1 aliphatic rings. The molecule has 0 aromatic carbocycles. The van der Waals surface area contributed by atoms with E-state index in [9.17, 15) is 19.7 Å². The molecule has 1 N–H and O–H groups in total. The zero-order valence-corrected chi connectivity index (χ0v) is 14.3. The van der Waals surface area contributed by atoms with Crippen molar-refractivity contribution in [2.75, 3.05) is 13.1 Å². The summed E-state index contributed by atoms with van der Waals surface area (Å²) in [6.45, 7) is 7.11. The highest BCUT2D eigenvalue weighted by molar-refractivity contribution is 7.17. The highest BCUT2D eigenvalue weighted by Crippen LogP contribution is 2.28. The third kappa shape index (κ3) is 4.28. The van der Waals surface area contributed by atoms with Crippen molar-refractivity contribution in [2.45, 2.75) is 39.7 Å². The van der Waals surface area contributed by atoms with Gasteiger partial charge >= 0.3 is 5.00 Å². The molecule has 0 saturated carbocycles. The first-order chi connectivity index (χ1) is 10.7. The van der Waals surface area contributed by atoms with Gasteiger partial charge in [-0.2, -0.15) is 0 Å². The van der Waals surface area contributed by atoms with Crippen LogP contribution in [0, 0.1) is 15.5 Å². The van der Waals surface area contributed by atoms with Crippen molar-refractivity contribution >= 4 is 28.2 Å². The molecule has 126 valence electrons. The Balaban J connectivity index is 2.06. The van der Waals surface area contributed by atoms with Crippen LogP contribution in [0.25, 0.3) is 0 Å². The van der Waals surface area contributed by atoms with E-state index in [2.05, 4.69) is 5.32 Å². The zero-order valence-electron chi connectivity index (χ0n) is 13.5. The van der Waals surface area contributed by atoms with Gasteiger partial charge in [0.25, 0.3) is 5.91 Å². The average molecular weight is 339 g/mol. The predicted molar refractivity (Wildman–Crippen MR) is 87.5 cm³/mol. The molecule has 2 heterocycles. The fraction of sp³-hybridized carbons (Fsp3) is 0.600. The molecule has 7 nitrogen and oxygen atoms in total. The Hall–Kier alpha value is -1.96. The molecule has 8 heteroatoms. The van der Waals surface area contributed by atoms with E-state index in [4.69, 9.17) is 0 Å².